The Kier molecular flexibility index (Phi) is 7.08. The van der Waals surface area contributed by atoms with Gasteiger partial charge in [0.1, 0.15) is 5.75 Å². The number of allylic oxidation sites excluding steroid dienone is 2. The fourth-order valence-electron chi connectivity index (χ4n) is 2.51. The number of nitrogens with zero attached hydrogens (tertiary/aromatic N) is 1. The lowest BCUT2D eigenvalue weighted by molar-refractivity contribution is 0.475. The zero-order valence-electron chi connectivity index (χ0n) is 15.3. The molecule has 4 nitrogen and oxygen atoms in total. The van der Waals surface area contributed by atoms with Crippen molar-refractivity contribution < 1.29 is 5.11 Å². The number of phenols is 1. The van der Waals surface area contributed by atoms with E-state index in [0.717, 1.165) is 16.8 Å². The van der Waals surface area contributed by atoms with Crippen LogP contribution in [0.2, 0.25) is 0 Å². The van der Waals surface area contributed by atoms with Crippen LogP contribution in [-0.4, -0.2) is 10.0 Å². The van der Waals surface area contributed by atoms with Crippen molar-refractivity contribution in [2.75, 3.05) is 0 Å². The fourth-order valence-corrected chi connectivity index (χ4v) is 2.51. The van der Waals surface area contributed by atoms with Gasteiger partial charge in [-0.2, -0.15) is 0 Å². The summed E-state index contributed by atoms with van der Waals surface area (Å²) in [6.07, 6.45) is 6.68. The van der Waals surface area contributed by atoms with Gasteiger partial charge in [-0.15, -0.1) is 0 Å². The molecular weight excluding hydrogens is 334 g/mol. The van der Waals surface area contributed by atoms with Crippen molar-refractivity contribution in [2.24, 2.45) is 5.73 Å². The lowest BCUT2D eigenvalue weighted by Gasteiger charge is -2.27. The Labute approximate surface area is 160 Å². The topological polar surface area (TPSA) is 61.5 Å². The highest BCUT2D eigenvalue weighted by atomic mass is 16.3. The van der Waals surface area contributed by atoms with Crippen molar-refractivity contribution >= 4 is 5.70 Å². The predicted octanol–water partition coefficient (Wildman–Crippen LogP) is 4.47. The van der Waals surface area contributed by atoms with Crippen molar-refractivity contribution in [3.8, 4) is 5.75 Å². The third-order valence-corrected chi connectivity index (χ3v) is 3.92. The molecule has 0 spiro atoms. The van der Waals surface area contributed by atoms with Crippen LogP contribution < -0.4 is 11.1 Å². The molecule has 0 bridgehead atoms. The summed E-state index contributed by atoms with van der Waals surface area (Å²) in [5.41, 5.74) is 9.81. The van der Waals surface area contributed by atoms with Crippen molar-refractivity contribution in [3.05, 3.63) is 121 Å². The van der Waals surface area contributed by atoms with E-state index >= 15 is 0 Å². The molecule has 4 N–H and O–H groups in total. The average molecular weight is 359 g/mol. The summed E-state index contributed by atoms with van der Waals surface area (Å²) in [6.45, 7) is 12.7. The summed E-state index contributed by atoms with van der Waals surface area (Å²) in [5, 5.41) is 12.8. The number of nitrogens with two attached hydrogens (primary N) is 1. The van der Waals surface area contributed by atoms with Gasteiger partial charge < -0.3 is 21.1 Å². The molecule has 0 aliphatic carbocycles. The van der Waals surface area contributed by atoms with Crippen LogP contribution in [0.3, 0.4) is 0 Å². The van der Waals surface area contributed by atoms with Crippen LogP contribution in [0.25, 0.3) is 5.70 Å². The second-order valence-electron chi connectivity index (χ2n) is 5.81. The van der Waals surface area contributed by atoms with Gasteiger partial charge in [0, 0.05) is 18.9 Å². The van der Waals surface area contributed by atoms with Gasteiger partial charge in [-0.25, -0.2) is 0 Å². The molecule has 0 radical (unpaired) electrons. The number of benzene rings is 2. The Hall–Kier alpha value is -3.66. The average Bonchev–Trinajstić information content (AvgIpc) is 2.70. The highest BCUT2D eigenvalue weighted by molar-refractivity contribution is 5.69. The molecule has 2 rings (SSSR count). The number of nitrogens with one attached hydrogen (secondary N) is 1. The Morgan fingerprint density at radius 2 is 1.74 bits per heavy atom. The van der Waals surface area contributed by atoms with E-state index in [0.29, 0.717) is 17.9 Å². The molecule has 0 aliphatic rings. The predicted molar refractivity (Wildman–Crippen MR) is 113 cm³/mol. The van der Waals surface area contributed by atoms with E-state index in [1.54, 1.807) is 24.4 Å². The van der Waals surface area contributed by atoms with Crippen molar-refractivity contribution in [2.45, 2.75) is 6.54 Å². The fraction of sp³-hybridized carbons (Fsp3) is 0.0435. The molecule has 2 aromatic rings. The van der Waals surface area contributed by atoms with Crippen LogP contribution in [0.5, 0.6) is 5.75 Å². The quantitative estimate of drug-likeness (QED) is 0.578. The number of phenolic OH excluding ortho intramolecular Hbond substituents is 1. The Morgan fingerprint density at radius 1 is 1.07 bits per heavy atom. The van der Waals surface area contributed by atoms with Crippen LogP contribution in [0.15, 0.2) is 110 Å². The van der Waals surface area contributed by atoms with Gasteiger partial charge >= 0.3 is 0 Å². The Bertz CT molecular complexity index is 849. The normalized spacial score (nSPS) is 11.2. The first kappa shape index (κ1) is 19.7. The molecule has 27 heavy (non-hydrogen) atoms. The first-order valence-electron chi connectivity index (χ1n) is 8.52. The summed E-state index contributed by atoms with van der Waals surface area (Å²) in [7, 11) is 0. The van der Waals surface area contributed by atoms with Gasteiger partial charge in [-0.3, -0.25) is 0 Å². The van der Waals surface area contributed by atoms with Gasteiger partial charge in [0.2, 0.25) is 0 Å². The molecule has 138 valence electrons. The lowest BCUT2D eigenvalue weighted by atomic mass is 10.1. The van der Waals surface area contributed by atoms with Gasteiger partial charge in [0.05, 0.1) is 17.1 Å². The van der Waals surface area contributed by atoms with Crippen LogP contribution in [0.1, 0.15) is 11.1 Å². The number of hydrogen-bond acceptors (Lipinski definition) is 4. The number of rotatable bonds is 9. The van der Waals surface area contributed by atoms with Gasteiger partial charge in [-0.05, 0) is 41.5 Å². The molecule has 0 fully saturated rings. The first-order chi connectivity index (χ1) is 13.1. The minimum Gasteiger partial charge on any atom is -0.508 e. The zero-order valence-corrected chi connectivity index (χ0v) is 15.3. The monoisotopic (exact) mass is 359 g/mol. The van der Waals surface area contributed by atoms with E-state index in [4.69, 9.17) is 5.73 Å². The van der Waals surface area contributed by atoms with E-state index in [9.17, 15) is 5.11 Å². The second-order valence-corrected chi connectivity index (χ2v) is 5.81. The van der Waals surface area contributed by atoms with Gasteiger partial charge in [0.25, 0.3) is 0 Å². The molecule has 0 unspecified atom stereocenters. The van der Waals surface area contributed by atoms with Crippen LogP contribution in [0.4, 0.5) is 0 Å². The standard InChI is InChI=1S/C23H25N3O/c1-4-8-23(21-11-13-22(27)14-12-21)26(16-15-24)19(3)18(2)25-17-20-9-6-5-7-10-20/h4-16,25,27H,1-3,17,24H2/b16-15-,23-8-. The maximum atomic E-state index is 9.56. The SMILES string of the molecule is C=C/C=C(/c1ccc(O)cc1)N(/C=C\N)C(=C)C(=C)NCc1ccccc1. The summed E-state index contributed by atoms with van der Waals surface area (Å²) >= 11 is 0. The summed E-state index contributed by atoms with van der Waals surface area (Å²) in [4.78, 5) is 1.83. The van der Waals surface area contributed by atoms with Crippen LogP contribution in [-0.2, 0) is 6.54 Å². The molecule has 0 saturated heterocycles. The minimum atomic E-state index is 0.199. The third-order valence-electron chi connectivity index (χ3n) is 3.92. The van der Waals surface area contributed by atoms with Gasteiger partial charge in [-0.1, -0.05) is 56.1 Å². The maximum Gasteiger partial charge on any atom is 0.115 e. The first-order valence-corrected chi connectivity index (χ1v) is 8.52. The highest BCUT2D eigenvalue weighted by Crippen LogP contribution is 2.27. The zero-order chi connectivity index (χ0) is 19.6. The van der Waals surface area contributed by atoms with E-state index in [2.05, 4.69) is 25.1 Å². The van der Waals surface area contributed by atoms with Crippen molar-refractivity contribution in [1.82, 2.24) is 10.2 Å². The van der Waals surface area contributed by atoms with Crippen molar-refractivity contribution in [3.63, 3.8) is 0 Å². The Balaban J connectivity index is 2.23. The number of hydrogen-bond donors (Lipinski definition) is 3. The van der Waals surface area contributed by atoms with Crippen LogP contribution in [0, 0.1) is 0 Å². The molecule has 4 heteroatoms. The van der Waals surface area contributed by atoms with Crippen LogP contribution >= 0.6 is 0 Å². The third kappa shape index (κ3) is 5.41. The summed E-state index contributed by atoms with van der Waals surface area (Å²) in [5.74, 6) is 0.199. The van der Waals surface area contributed by atoms with E-state index in [1.807, 2.05) is 53.4 Å². The van der Waals surface area contributed by atoms with E-state index in [1.165, 1.54) is 6.20 Å². The summed E-state index contributed by atoms with van der Waals surface area (Å²) in [6, 6.07) is 16.9. The molecule has 0 saturated carbocycles. The maximum absolute atomic E-state index is 9.56. The lowest BCUT2D eigenvalue weighted by Crippen LogP contribution is -2.23. The van der Waals surface area contributed by atoms with Crippen molar-refractivity contribution in [1.29, 1.82) is 0 Å². The molecule has 0 aromatic heterocycles. The smallest absolute Gasteiger partial charge is 0.115 e. The highest BCUT2D eigenvalue weighted by Gasteiger charge is 2.15. The van der Waals surface area contributed by atoms with Gasteiger partial charge in [0.15, 0.2) is 0 Å². The molecule has 0 atom stereocenters. The largest absolute Gasteiger partial charge is 0.508 e. The molecule has 2 aromatic carbocycles. The minimum absolute atomic E-state index is 0.199. The molecule has 0 heterocycles. The second kappa shape index (κ2) is 9.73. The summed E-state index contributed by atoms with van der Waals surface area (Å²) < 4.78 is 0. The molecule has 0 aliphatic heterocycles. The molecule has 0 amide bonds. The van der Waals surface area contributed by atoms with E-state index in [-0.39, 0.29) is 5.75 Å². The van der Waals surface area contributed by atoms with E-state index < -0.39 is 0 Å². The number of aromatic hydroxyl groups is 1. The molecular formula is C23H25N3O. The Morgan fingerprint density at radius 3 is 2.33 bits per heavy atom.